The van der Waals surface area contributed by atoms with Crippen molar-refractivity contribution in [2.45, 2.75) is 26.7 Å². The van der Waals surface area contributed by atoms with Gasteiger partial charge in [0.2, 0.25) is 0 Å². The van der Waals surface area contributed by atoms with Crippen molar-refractivity contribution in [3.63, 3.8) is 0 Å². The zero-order valence-electron chi connectivity index (χ0n) is 10.6. The van der Waals surface area contributed by atoms with Crippen molar-refractivity contribution in [3.05, 3.63) is 41.3 Å². The van der Waals surface area contributed by atoms with Crippen molar-refractivity contribution in [2.24, 2.45) is 5.41 Å². The SMILES string of the molecule is CCC1(CC)CSC=C(c2ccccc2)SC1. The Morgan fingerprint density at radius 3 is 2.41 bits per heavy atom. The van der Waals surface area contributed by atoms with Crippen LogP contribution in [0.1, 0.15) is 32.3 Å². The summed E-state index contributed by atoms with van der Waals surface area (Å²) in [4.78, 5) is 1.44. The first-order chi connectivity index (χ1) is 8.29. The molecule has 0 radical (unpaired) electrons. The second kappa shape index (κ2) is 6.01. The monoisotopic (exact) mass is 264 g/mol. The lowest BCUT2D eigenvalue weighted by Gasteiger charge is -2.29. The molecule has 2 heteroatoms. The highest BCUT2D eigenvalue weighted by molar-refractivity contribution is 8.11. The van der Waals surface area contributed by atoms with Gasteiger partial charge < -0.3 is 0 Å². The minimum Gasteiger partial charge on any atom is -0.132 e. The van der Waals surface area contributed by atoms with Crippen molar-refractivity contribution in [2.75, 3.05) is 11.5 Å². The van der Waals surface area contributed by atoms with Crippen LogP contribution in [-0.4, -0.2) is 11.5 Å². The van der Waals surface area contributed by atoms with Crippen molar-refractivity contribution < 1.29 is 0 Å². The number of hydrogen-bond donors (Lipinski definition) is 0. The molecule has 17 heavy (non-hydrogen) atoms. The van der Waals surface area contributed by atoms with Crippen molar-refractivity contribution in [1.82, 2.24) is 0 Å². The quantitative estimate of drug-likeness (QED) is 0.729. The summed E-state index contributed by atoms with van der Waals surface area (Å²) in [6.45, 7) is 4.66. The molecule has 0 amide bonds. The van der Waals surface area contributed by atoms with E-state index in [1.807, 2.05) is 23.5 Å². The minimum absolute atomic E-state index is 0.530. The second-order valence-electron chi connectivity index (χ2n) is 4.65. The van der Waals surface area contributed by atoms with Gasteiger partial charge in [0.15, 0.2) is 0 Å². The molecule has 1 aliphatic rings. The van der Waals surface area contributed by atoms with Gasteiger partial charge in [0, 0.05) is 16.4 Å². The molecule has 2 rings (SSSR count). The normalized spacial score (nSPS) is 19.5. The van der Waals surface area contributed by atoms with Gasteiger partial charge in [0.25, 0.3) is 0 Å². The highest BCUT2D eigenvalue weighted by Gasteiger charge is 2.28. The Balaban J connectivity index is 2.12. The average molecular weight is 264 g/mol. The Morgan fingerprint density at radius 2 is 1.76 bits per heavy atom. The molecule has 1 aliphatic heterocycles. The largest absolute Gasteiger partial charge is 0.132 e. The third kappa shape index (κ3) is 3.11. The van der Waals surface area contributed by atoms with Gasteiger partial charge in [0.05, 0.1) is 0 Å². The van der Waals surface area contributed by atoms with Gasteiger partial charge >= 0.3 is 0 Å². The van der Waals surface area contributed by atoms with Crippen LogP contribution in [0, 0.1) is 5.41 Å². The fraction of sp³-hybridized carbons (Fsp3) is 0.467. The lowest BCUT2D eigenvalue weighted by atomic mass is 9.87. The van der Waals surface area contributed by atoms with Crippen LogP contribution in [0.4, 0.5) is 0 Å². The predicted molar refractivity (Wildman–Crippen MR) is 82.4 cm³/mol. The molecule has 1 aromatic rings. The summed E-state index contributed by atoms with van der Waals surface area (Å²) in [5.74, 6) is 2.52. The first-order valence-electron chi connectivity index (χ1n) is 6.29. The minimum atomic E-state index is 0.530. The molecule has 0 aliphatic carbocycles. The summed E-state index contributed by atoms with van der Waals surface area (Å²) in [6.07, 6.45) is 2.58. The smallest absolute Gasteiger partial charge is 0.0208 e. The maximum atomic E-state index is 2.35. The fourth-order valence-corrected chi connectivity index (χ4v) is 5.13. The lowest BCUT2D eigenvalue weighted by Crippen LogP contribution is -2.24. The average Bonchev–Trinajstić information content (AvgIpc) is 2.63. The highest BCUT2D eigenvalue weighted by Crippen LogP contribution is 2.43. The maximum absolute atomic E-state index is 2.35. The number of thioether (sulfide) groups is 2. The van der Waals surface area contributed by atoms with E-state index < -0.39 is 0 Å². The molecule has 0 bridgehead atoms. The molecule has 0 saturated heterocycles. The Bertz CT molecular complexity index is 377. The van der Waals surface area contributed by atoms with Gasteiger partial charge in [-0.15, -0.1) is 23.5 Å². The van der Waals surface area contributed by atoms with Crippen LogP contribution < -0.4 is 0 Å². The number of hydrogen-bond acceptors (Lipinski definition) is 2. The van der Waals surface area contributed by atoms with Crippen LogP contribution in [0.2, 0.25) is 0 Å². The summed E-state index contributed by atoms with van der Waals surface area (Å²) in [5, 5.41) is 2.35. The second-order valence-corrected chi connectivity index (χ2v) is 6.53. The molecule has 92 valence electrons. The Hall–Kier alpha value is -0.340. The van der Waals surface area contributed by atoms with Crippen LogP contribution in [0.3, 0.4) is 0 Å². The third-order valence-electron chi connectivity index (χ3n) is 3.67. The lowest BCUT2D eigenvalue weighted by molar-refractivity contribution is 0.357. The molecule has 0 N–H and O–H groups in total. The van der Waals surface area contributed by atoms with Gasteiger partial charge in [-0.3, -0.25) is 0 Å². The van der Waals surface area contributed by atoms with E-state index in [-0.39, 0.29) is 0 Å². The van der Waals surface area contributed by atoms with Gasteiger partial charge in [0.1, 0.15) is 0 Å². The molecule has 0 atom stereocenters. The van der Waals surface area contributed by atoms with Gasteiger partial charge in [-0.1, -0.05) is 44.2 Å². The Labute approximate surface area is 113 Å². The van der Waals surface area contributed by atoms with Crippen molar-refractivity contribution >= 4 is 28.4 Å². The van der Waals surface area contributed by atoms with E-state index in [2.05, 4.69) is 49.6 Å². The van der Waals surface area contributed by atoms with Crippen molar-refractivity contribution in [1.29, 1.82) is 0 Å². The molecule has 1 heterocycles. The summed E-state index contributed by atoms with van der Waals surface area (Å²) in [7, 11) is 0. The first kappa shape index (κ1) is 13.1. The van der Waals surface area contributed by atoms with Crippen molar-refractivity contribution in [3.8, 4) is 0 Å². The van der Waals surface area contributed by atoms with Crippen LogP contribution >= 0.6 is 23.5 Å². The molecule has 0 nitrogen and oxygen atoms in total. The third-order valence-corrected chi connectivity index (χ3v) is 6.42. The zero-order chi connectivity index (χ0) is 12.1. The topological polar surface area (TPSA) is 0 Å². The molecule has 1 aromatic carbocycles. The van der Waals surface area contributed by atoms with Crippen LogP contribution in [-0.2, 0) is 0 Å². The summed E-state index contributed by atoms with van der Waals surface area (Å²) >= 11 is 4.03. The standard InChI is InChI=1S/C15H20S2/c1-3-15(4-2)11-16-10-14(17-12-15)13-8-6-5-7-9-13/h5-10H,3-4,11-12H2,1-2H3. The summed E-state index contributed by atoms with van der Waals surface area (Å²) in [6, 6.07) is 10.8. The van der Waals surface area contributed by atoms with Crippen LogP contribution in [0.15, 0.2) is 35.7 Å². The Kier molecular flexibility index (Phi) is 4.63. The van der Waals surface area contributed by atoms with E-state index >= 15 is 0 Å². The molecule has 0 spiro atoms. The number of rotatable bonds is 3. The predicted octanol–water partition coefficient (Wildman–Crippen LogP) is 5.27. The zero-order valence-corrected chi connectivity index (χ0v) is 12.2. The maximum Gasteiger partial charge on any atom is 0.0208 e. The molecule has 0 aromatic heterocycles. The molecule has 0 saturated carbocycles. The van der Waals surface area contributed by atoms with Gasteiger partial charge in [-0.2, -0.15) is 0 Å². The summed E-state index contributed by atoms with van der Waals surface area (Å²) < 4.78 is 0. The van der Waals surface area contributed by atoms with E-state index in [9.17, 15) is 0 Å². The Morgan fingerprint density at radius 1 is 1.06 bits per heavy atom. The summed E-state index contributed by atoms with van der Waals surface area (Å²) in [5.41, 5.74) is 1.90. The molecular formula is C15H20S2. The molecule has 0 unspecified atom stereocenters. The van der Waals surface area contributed by atoms with E-state index in [1.54, 1.807) is 0 Å². The molecular weight excluding hydrogens is 244 g/mol. The van der Waals surface area contributed by atoms with Crippen LogP contribution in [0.5, 0.6) is 0 Å². The fourth-order valence-electron chi connectivity index (χ4n) is 2.01. The first-order valence-corrected chi connectivity index (χ1v) is 8.33. The van der Waals surface area contributed by atoms with E-state index in [1.165, 1.54) is 34.8 Å². The van der Waals surface area contributed by atoms with Crippen LogP contribution in [0.25, 0.3) is 4.91 Å². The van der Waals surface area contributed by atoms with E-state index in [0.717, 1.165) is 0 Å². The highest BCUT2D eigenvalue weighted by atomic mass is 32.2. The van der Waals surface area contributed by atoms with Gasteiger partial charge in [-0.05, 0) is 29.2 Å². The van der Waals surface area contributed by atoms with E-state index in [4.69, 9.17) is 0 Å². The number of benzene rings is 1. The van der Waals surface area contributed by atoms with Gasteiger partial charge in [-0.25, -0.2) is 0 Å². The van der Waals surface area contributed by atoms with E-state index in [0.29, 0.717) is 5.41 Å². The molecule has 0 fully saturated rings.